The van der Waals surface area contributed by atoms with Gasteiger partial charge in [-0.25, -0.2) is 4.79 Å². The van der Waals surface area contributed by atoms with E-state index in [1.165, 1.54) is 24.2 Å². The number of nitrogens with zero attached hydrogens (tertiary/aromatic N) is 2. The van der Waals surface area contributed by atoms with Crippen LogP contribution >= 0.6 is 15.9 Å². The van der Waals surface area contributed by atoms with Crippen molar-refractivity contribution in [3.05, 3.63) is 60.7 Å². The Morgan fingerprint density at radius 2 is 1.83 bits per heavy atom. The smallest absolute Gasteiger partial charge is 0.412 e. The molecule has 2 heterocycles. The number of benzene rings is 1. The molecule has 0 radical (unpaired) electrons. The second-order valence-electron chi connectivity index (χ2n) is 9.68. The molecule has 0 spiro atoms. The summed E-state index contributed by atoms with van der Waals surface area (Å²) in [4.78, 5) is 42.6. The number of methoxy groups -OCH3 is 1. The molecule has 0 bridgehead atoms. The van der Waals surface area contributed by atoms with Gasteiger partial charge < -0.3 is 28.6 Å². The number of unbranched alkanes of at least 4 members (excludes halogenated alkanes) is 2. The minimum atomic E-state index is -0.708. The molecule has 0 saturated carbocycles. The minimum Gasteiger partial charge on any atom is -0.493 e. The average Bonchev–Trinajstić information content (AvgIpc) is 3.61. The van der Waals surface area contributed by atoms with Gasteiger partial charge in [0.05, 0.1) is 39.3 Å². The highest BCUT2D eigenvalue weighted by atomic mass is 79.9. The van der Waals surface area contributed by atoms with E-state index in [-0.39, 0.29) is 37.6 Å². The van der Waals surface area contributed by atoms with Crippen molar-refractivity contribution in [3.63, 3.8) is 0 Å². The lowest BCUT2D eigenvalue weighted by atomic mass is 10.0. The largest absolute Gasteiger partial charge is 0.493 e. The predicted octanol–water partition coefficient (Wildman–Crippen LogP) is 4.66. The van der Waals surface area contributed by atoms with E-state index in [4.69, 9.17) is 23.7 Å². The van der Waals surface area contributed by atoms with E-state index >= 15 is 0 Å². The van der Waals surface area contributed by atoms with Crippen LogP contribution < -0.4 is 9.47 Å². The highest BCUT2D eigenvalue weighted by Gasteiger charge is 2.45. The first-order valence-electron chi connectivity index (χ1n) is 13.6. The molecule has 1 unspecified atom stereocenters. The number of likely N-dealkylation sites (tertiary alicyclic amines) is 1. The van der Waals surface area contributed by atoms with Gasteiger partial charge in [-0.2, -0.15) is 0 Å². The van der Waals surface area contributed by atoms with Crippen LogP contribution in [0.15, 0.2) is 49.6 Å². The van der Waals surface area contributed by atoms with Gasteiger partial charge in [0.15, 0.2) is 17.7 Å². The van der Waals surface area contributed by atoms with Gasteiger partial charge in [0.25, 0.3) is 5.91 Å². The molecule has 0 N–H and O–H groups in total. The van der Waals surface area contributed by atoms with E-state index in [9.17, 15) is 14.4 Å². The normalized spacial score (nSPS) is 18.2. The van der Waals surface area contributed by atoms with Gasteiger partial charge in [0.2, 0.25) is 0 Å². The van der Waals surface area contributed by atoms with Crippen molar-refractivity contribution < 1.29 is 38.1 Å². The number of hydrogen-bond donors (Lipinski definition) is 0. The molecular weight excluding hydrogens is 596 g/mol. The van der Waals surface area contributed by atoms with Crippen LogP contribution in [0.25, 0.3) is 0 Å². The van der Waals surface area contributed by atoms with Crippen molar-refractivity contribution in [2.75, 3.05) is 52.0 Å². The molecule has 0 aliphatic carbocycles. The van der Waals surface area contributed by atoms with Gasteiger partial charge in [-0.15, -0.1) is 0 Å². The van der Waals surface area contributed by atoms with Crippen LogP contribution in [0.4, 0.5) is 4.79 Å². The first kappa shape index (κ1) is 32.2. The van der Waals surface area contributed by atoms with Crippen LogP contribution in [-0.2, 0) is 25.4 Å². The Hall–Kier alpha value is -3.31. The quantitative estimate of drug-likeness (QED) is 0.119. The summed E-state index contributed by atoms with van der Waals surface area (Å²) in [6, 6.07) is 2.76. The van der Waals surface area contributed by atoms with Gasteiger partial charge in [-0.05, 0) is 43.4 Å². The number of carbonyl (C=O) groups excluding carboxylic acids is 3. The molecule has 2 saturated heterocycles. The van der Waals surface area contributed by atoms with Gasteiger partial charge in [0.1, 0.15) is 13.2 Å². The average molecular weight is 636 g/mol. The Morgan fingerprint density at radius 1 is 1.07 bits per heavy atom. The maximum absolute atomic E-state index is 14.1. The molecule has 224 valence electrons. The van der Waals surface area contributed by atoms with Crippen LogP contribution in [0.1, 0.15) is 41.6 Å². The third-order valence-electron chi connectivity index (χ3n) is 6.72. The van der Waals surface area contributed by atoms with Crippen LogP contribution in [0, 0.1) is 0 Å². The first-order chi connectivity index (χ1) is 19.8. The zero-order valence-corrected chi connectivity index (χ0v) is 25.2. The van der Waals surface area contributed by atoms with E-state index < -0.39 is 24.3 Å². The Kier molecular flexibility index (Phi) is 12.7. The lowest BCUT2D eigenvalue weighted by Crippen LogP contribution is -2.51. The topological polar surface area (TPSA) is 104 Å². The van der Waals surface area contributed by atoms with E-state index in [0.717, 1.165) is 30.2 Å². The van der Waals surface area contributed by atoms with Gasteiger partial charge in [0, 0.05) is 17.4 Å². The first-order valence-corrected chi connectivity index (χ1v) is 14.8. The van der Waals surface area contributed by atoms with E-state index in [1.54, 1.807) is 17.0 Å². The molecule has 3 rings (SSSR count). The number of amides is 2. The Bertz CT molecular complexity index is 1120. The van der Waals surface area contributed by atoms with Crippen LogP contribution in [-0.4, -0.2) is 92.0 Å². The zero-order chi connectivity index (χ0) is 29.8. The molecule has 0 aromatic heterocycles. The molecule has 10 nitrogen and oxygen atoms in total. The maximum atomic E-state index is 14.1. The second kappa shape index (κ2) is 16.2. The summed E-state index contributed by atoms with van der Waals surface area (Å²) in [5.41, 5.74) is 1.52. The summed E-state index contributed by atoms with van der Waals surface area (Å²) in [7, 11) is 1.50. The summed E-state index contributed by atoms with van der Waals surface area (Å²) in [6.45, 7) is 12.8. The third-order valence-corrected chi connectivity index (χ3v) is 7.28. The van der Waals surface area contributed by atoms with Crippen molar-refractivity contribution in [1.82, 2.24) is 9.80 Å². The van der Waals surface area contributed by atoms with Crippen molar-refractivity contribution >= 4 is 33.9 Å². The lowest BCUT2D eigenvalue weighted by Gasteiger charge is -2.33. The molecule has 2 atom stereocenters. The summed E-state index contributed by atoms with van der Waals surface area (Å²) in [6.07, 6.45) is 4.89. The van der Waals surface area contributed by atoms with Crippen molar-refractivity contribution in [2.45, 2.75) is 44.4 Å². The van der Waals surface area contributed by atoms with Gasteiger partial charge >= 0.3 is 12.1 Å². The molecular formula is C30H39BrN2O8. The number of halogens is 1. The van der Waals surface area contributed by atoms with Gasteiger partial charge in [-0.1, -0.05) is 53.4 Å². The summed E-state index contributed by atoms with van der Waals surface area (Å²) >= 11 is 3.43. The van der Waals surface area contributed by atoms with Gasteiger partial charge in [-0.3, -0.25) is 14.5 Å². The number of alkyl halides is 1. The molecule has 41 heavy (non-hydrogen) atoms. The summed E-state index contributed by atoms with van der Waals surface area (Å²) < 4.78 is 28.0. The molecule has 2 aliphatic rings. The van der Waals surface area contributed by atoms with Crippen molar-refractivity contribution in [2.24, 2.45) is 0 Å². The SMILES string of the molecule is C=CCOC(=O)Cc1cc(OCCCCCBr)c(OC)cc1C(=O)N1CC(=C)C[C@H]1C1OCCN1C(=O)OCC=C. The Labute approximate surface area is 250 Å². The molecule has 1 aromatic carbocycles. The molecule has 2 fully saturated rings. The minimum absolute atomic E-state index is 0.0556. The molecule has 1 aromatic rings. The fourth-order valence-electron chi connectivity index (χ4n) is 4.81. The van der Waals surface area contributed by atoms with Crippen molar-refractivity contribution in [3.8, 4) is 11.5 Å². The lowest BCUT2D eigenvalue weighted by molar-refractivity contribution is -0.141. The van der Waals surface area contributed by atoms with Crippen molar-refractivity contribution in [1.29, 1.82) is 0 Å². The summed E-state index contributed by atoms with van der Waals surface area (Å²) in [5.74, 6) is -0.0484. The molecule has 11 heteroatoms. The van der Waals surface area contributed by atoms with Crippen LogP contribution in [0.3, 0.4) is 0 Å². The monoisotopic (exact) mass is 634 g/mol. The molecule has 2 amide bonds. The predicted molar refractivity (Wildman–Crippen MR) is 158 cm³/mol. The second-order valence-corrected chi connectivity index (χ2v) is 10.5. The summed E-state index contributed by atoms with van der Waals surface area (Å²) in [5, 5.41) is 0.924. The standard InChI is InChI=1S/C30H39BrN2O8/c1-5-12-39-27(34)18-22-17-26(38-14-9-7-8-10-31)25(37-4)19-23(22)28(35)33-20-21(3)16-24(33)29-32(11-15-40-29)30(36)41-13-6-2/h5-6,17,19,24,29H,1-3,7-16,18,20H2,4H3/t24-,29?/m0/s1. The maximum Gasteiger partial charge on any atom is 0.412 e. The molecule has 2 aliphatic heterocycles. The zero-order valence-electron chi connectivity index (χ0n) is 23.6. The van der Waals surface area contributed by atoms with Crippen LogP contribution in [0.2, 0.25) is 0 Å². The number of esters is 1. The highest BCUT2D eigenvalue weighted by Crippen LogP contribution is 2.35. The van der Waals surface area contributed by atoms with E-state index in [1.807, 2.05) is 0 Å². The van der Waals surface area contributed by atoms with E-state index in [0.29, 0.717) is 43.2 Å². The third kappa shape index (κ3) is 8.59. The van der Waals surface area contributed by atoms with E-state index in [2.05, 4.69) is 35.7 Å². The Morgan fingerprint density at radius 3 is 2.54 bits per heavy atom. The van der Waals surface area contributed by atoms with Crippen LogP contribution in [0.5, 0.6) is 11.5 Å². The Balaban J connectivity index is 1.92. The number of hydrogen-bond acceptors (Lipinski definition) is 8. The number of ether oxygens (including phenoxy) is 5. The fraction of sp³-hybridized carbons (Fsp3) is 0.500. The fourth-order valence-corrected chi connectivity index (χ4v) is 5.21. The number of rotatable bonds is 15. The number of carbonyl (C=O) groups is 3. The highest BCUT2D eigenvalue weighted by molar-refractivity contribution is 9.09.